The van der Waals surface area contributed by atoms with E-state index in [1.165, 1.54) is 6.07 Å². The number of carbonyl (C=O) groups excluding carboxylic acids is 1. The van der Waals surface area contributed by atoms with Gasteiger partial charge in [0.05, 0.1) is 22.8 Å². The average molecular weight is 490 g/mol. The van der Waals surface area contributed by atoms with Crippen LogP contribution < -0.4 is 10.3 Å². The number of hydrogen-bond acceptors (Lipinski definition) is 6. The molecule has 0 saturated carbocycles. The van der Waals surface area contributed by atoms with E-state index in [0.717, 1.165) is 43.1 Å². The van der Waals surface area contributed by atoms with Crippen molar-refractivity contribution in [1.82, 2.24) is 9.47 Å². The minimum atomic E-state index is -0.813. The Kier molecular flexibility index (Phi) is 5.81. The Balaban J connectivity index is 1.73. The van der Waals surface area contributed by atoms with Gasteiger partial charge >= 0.3 is 5.97 Å². The first-order chi connectivity index (χ1) is 16.3. The van der Waals surface area contributed by atoms with Gasteiger partial charge in [-0.1, -0.05) is 17.8 Å². The second-order valence-corrected chi connectivity index (χ2v) is 9.42. The van der Waals surface area contributed by atoms with Gasteiger partial charge in [-0.25, -0.2) is 18.0 Å². The fourth-order valence-corrected chi connectivity index (χ4v) is 5.73. The molecule has 10 heteroatoms. The lowest BCUT2D eigenvalue weighted by Crippen LogP contribution is -2.44. The molecule has 34 heavy (non-hydrogen) atoms. The molecular formula is C24H22F3N3O3S. The first-order valence-electron chi connectivity index (χ1n) is 10.9. The summed E-state index contributed by atoms with van der Waals surface area (Å²) >= 11 is 1.11. The summed E-state index contributed by atoms with van der Waals surface area (Å²) in [6, 6.07) is 6.01. The fraction of sp³-hybridized carbons (Fsp3) is 0.333. The van der Waals surface area contributed by atoms with Crippen molar-refractivity contribution in [3.63, 3.8) is 0 Å². The van der Waals surface area contributed by atoms with Crippen LogP contribution in [0.3, 0.4) is 0 Å². The molecule has 1 aromatic heterocycles. The molecule has 1 saturated heterocycles. The van der Waals surface area contributed by atoms with Crippen LogP contribution in [-0.2, 0) is 4.74 Å². The lowest BCUT2D eigenvalue weighted by molar-refractivity contribution is 0.0518. The van der Waals surface area contributed by atoms with Crippen LogP contribution >= 0.6 is 11.8 Å². The van der Waals surface area contributed by atoms with Crippen molar-refractivity contribution in [3.05, 3.63) is 69.1 Å². The molecule has 6 nitrogen and oxygen atoms in total. The number of pyridine rings is 1. The van der Waals surface area contributed by atoms with E-state index < -0.39 is 34.2 Å². The third kappa shape index (κ3) is 3.65. The summed E-state index contributed by atoms with van der Waals surface area (Å²) in [5.74, 6) is -2.83. The smallest absolute Gasteiger partial charge is 0.344 e. The SMILES string of the molecule is CCOC(=O)c1c2n(c3cc(N4CCN(C)CC4)c(F)cc3c1=O)C(c1ccc(F)cc1F)S2. The molecule has 3 heterocycles. The zero-order chi connectivity index (χ0) is 24.1. The number of anilines is 1. The van der Waals surface area contributed by atoms with Crippen molar-refractivity contribution < 1.29 is 22.7 Å². The molecule has 0 amide bonds. The van der Waals surface area contributed by atoms with E-state index in [-0.39, 0.29) is 23.1 Å². The maximum atomic E-state index is 15.2. The summed E-state index contributed by atoms with van der Waals surface area (Å²) in [6.07, 6.45) is 0. The van der Waals surface area contributed by atoms with Crippen LogP contribution in [0.1, 0.15) is 28.2 Å². The first-order valence-corrected chi connectivity index (χ1v) is 11.8. The van der Waals surface area contributed by atoms with Crippen molar-refractivity contribution >= 4 is 34.3 Å². The summed E-state index contributed by atoms with van der Waals surface area (Å²) in [5.41, 5.74) is 0.0905. The standard InChI is InChI=1S/C24H22F3N3O3S/c1-3-33-24(32)20-21(31)15-11-17(27)19(29-8-6-28(2)7-9-29)12-18(15)30-22(34-23(20)30)14-5-4-13(25)10-16(14)26/h4-5,10-12,22H,3,6-9H2,1-2H3. The average Bonchev–Trinajstić information content (AvgIpc) is 2.78. The van der Waals surface area contributed by atoms with Crippen LogP contribution in [0.2, 0.25) is 0 Å². The van der Waals surface area contributed by atoms with Crippen LogP contribution in [0.25, 0.3) is 10.9 Å². The monoisotopic (exact) mass is 489 g/mol. The number of benzene rings is 2. The zero-order valence-electron chi connectivity index (χ0n) is 18.6. The van der Waals surface area contributed by atoms with Gasteiger partial charge in [-0.15, -0.1) is 0 Å². The molecule has 0 radical (unpaired) electrons. The molecule has 2 aliphatic heterocycles. The predicted octanol–water partition coefficient (Wildman–Crippen LogP) is 4.00. The molecule has 0 spiro atoms. The van der Waals surface area contributed by atoms with E-state index in [1.807, 2.05) is 11.9 Å². The Bertz CT molecular complexity index is 1370. The number of aromatic nitrogens is 1. The normalized spacial score (nSPS) is 18.0. The van der Waals surface area contributed by atoms with Crippen LogP contribution in [0, 0.1) is 17.5 Å². The highest BCUT2D eigenvalue weighted by molar-refractivity contribution is 8.00. The van der Waals surface area contributed by atoms with Gasteiger partial charge in [0.1, 0.15) is 28.4 Å². The molecule has 1 unspecified atom stereocenters. The number of piperazine rings is 1. The Morgan fingerprint density at radius 2 is 1.82 bits per heavy atom. The topological polar surface area (TPSA) is 54.8 Å². The van der Waals surface area contributed by atoms with E-state index in [2.05, 4.69) is 4.90 Å². The number of carbonyl (C=O) groups is 1. The molecule has 1 atom stereocenters. The molecule has 2 aromatic carbocycles. The van der Waals surface area contributed by atoms with Gasteiger partial charge in [-0.05, 0) is 32.2 Å². The van der Waals surface area contributed by atoms with Crippen molar-refractivity contribution in [2.45, 2.75) is 17.3 Å². The van der Waals surface area contributed by atoms with Crippen LogP contribution in [-0.4, -0.2) is 55.3 Å². The summed E-state index contributed by atoms with van der Waals surface area (Å²) in [6.45, 7) is 4.43. The van der Waals surface area contributed by atoms with Gasteiger partial charge in [-0.3, -0.25) is 4.79 Å². The number of ether oxygens (including phenoxy) is 1. The Labute approximate surface area is 197 Å². The molecule has 178 valence electrons. The predicted molar refractivity (Wildman–Crippen MR) is 124 cm³/mol. The third-order valence-electron chi connectivity index (χ3n) is 6.24. The summed E-state index contributed by atoms with van der Waals surface area (Å²) < 4.78 is 50.1. The lowest BCUT2D eigenvalue weighted by atomic mass is 10.1. The number of thioether (sulfide) groups is 1. The summed E-state index contributed by atoms with van der Waals surface area (Å²) in [4.78, 5) is 29.9. The molecule has 5 rings (SSSR count). The highest BCUT2D eigenvalue weighted by Gasteiger charge is 2.38. The first kappa shape index (κ1) is 22.8. The summed E-state index contributed by atoms with van der Waals surface area (Å²) in [7, 11) is 1.99. The minimum absolute atomic E-state index is 0.00926. The van der Waals surface area contributed by atoms with E-state index >= 15 is 4.39 Å². The quantitative estimate of drug-likeness (QED) is 0.517. The van der Waals surface area contributed by atoms with Crippen molar-refractivity contribution in [3.8, 4) is 0 Å². The van der Waals surface area contributed by atoms with Crippen molar-refractivity contribution in [2.24, 2.45) is 0 Å². The molecule has 0 aliphatic carbocycles. The Morgan fingerprint density at radius 3 is 2.50 bits per heavy atom. The zero-order valence-corrected chi connectivity index (χ0v) is 19.4. The van der Waals surface area contributed by atoms with Gasteiger partial charge in [0.25, 0.3) is 0 Å². The number of rotatable bonds is 4. The second kappa shape index (κ2) is 8.66. The number of nitrogens with zero attached hydrogens (tertiary/aromatic N) is 3. The molecule has 1 fully saturated rings. The molecule has 2 aliphatic rings. The minimum Gasteiger partial charge on any atom is -0.462 e. The fourth-order valence-electron chi connectivity index (χ4n) is 4.43. The number of halogens is 3. The number of likely N-dealkylation sites (N-methyl/N-ethyl adjacent to an activating group) is 1. The molecular weight excluding hydrogens is 467 g/mol. The Morgan fingerprint density at radius 1 is 1.09 bits per heavy atom. The van der Waals surface area contributed by atoms with E-state index in [1.54, 1.807) is 17.6 Å². The highest BCUT2D eigenvalue weighted by Crippen LogP contribution is 2.51. The molecule has 0 N–H and O–H groups in total. The van der Waals surface area contributed by atoms with Crippen molar-refractivity contribution in [1.29, 1.82) is 0 Å². The van der Waals surface area contributed by atoms with Gasteiger partial charge < -0.3 is 19.1 Å². The largest absolute Gasteiger partial charge is 0.462 e. The van der Waals surface area contributed by atoms with Gasteiger partial charge in [0, 0.05) is 43.2 Å². The summed E-state index contributed by atoms with van der Waals surface area (Å²) in [5, 5.41) is -0.326. The maximum absolute atomic E-state index is 15.2. The van der Waals surface area contributed by atoms with Gasteiger partial charge in [-0.2, -0.15) is 0 Å². The molecule has 3 aromatic rings. The molecule has 0 bridgehead atoms. The third-order valence-corrected chi connectivity index (χ3v) is 7.55. The number of fused-ring (bicyclic) bond motifs is 3. The van der Waals surface area contributed by atoms with E-state index in [9.17, 15) is 18.4 Å². The highest BCUT2D eigenvalue weighted by atomic mass is 32.2. The van der Waals surface area contributed by atoms with Crippen molar-refractivity contribution in [2.75, 3.05) is 44.7 Å². The van der Waals surface area contributed by atoms with Crippen LogP contribution in [0.5, 0.6) is 0 Å². The Hall–Kier alpha value is -2.98. The van der Waals surface area contributed by atoms with Crippen LogP contribution in [0.4, 0.5) is 18.9 Å². The maximum Gasteiger partial charge on any atom is 0.344 e. The van der Waals surface area contributed by atoms with Gasteiger partial charge in [0.15, 0.2) is 0 Å². The second-order valence-electron chi connectivity index (χ2n) is 8.35. The van der Waals surface area contributed by atoms with E-state index in [0.29, 0.717) is 29.3 Å². The van der Waals surface area contributed by atoms with Gasteiger partial charge in [0.2, 0.25) is 5.43 Å². The van der Waals surface area contributed by atoms with Crippen LogP contribution in [0.15, 0.2) is 40.2 Å². The van der Waals surface area contributed by atoms with E-state index in [4.69, 9.17) is 4.74 Å². The lowest BCUT2D eigenvalue weighted by Gasteiger charge is -2.37. The number of hydrogen-bond donors (Lipinski definition) is 0. The number of esters is 1.